The molecule has 0 fully saturated rings. The van der Waals surface area contributed by atoms with Crippen LogP contribution in [-0.2, 0) is 5.75 Å². The van der Waals surface area contributed by atoms with E-state index in [2.05, 4.69) is 27.3 Å². The number of nitrogens with zero attached hydrogens (tertiary/aromatic N) is 3. The van der Waals surface area contributed by atoms with E-state index in [0.29, 0.717) is 5.17 Å². The molecule has 0 atom stereocenters. The maximum atomic E-state index is 5.77. The van der Waals surface area contributed by atoms with Crippen LogP contribution in [0.25, 0.3) is 0 Å². The van der Waals surface area contributed by atoms with Gasteiger partial charge < -0.3 is 5.73 Å². The zero-order valence-corrected chi connectivity index (χ0v) is 11.1. The van der Waals surface area contributed by atoms with Crippen LogP contribution < -0.4 is 5.73 Å². The van der Waals surface area contributed by atoms with Crippen molar-refractivity contribution in [3.05, 3.63) is 66.0 Å². The van der Waals surface area contributed by atoms with Gasteiger partial charge in [-0.25, -0.2) is 0 Å². The van der Waals surface area contributed by atoms with E-state index < -0.39 is 0 Å². The maximum Gasteiger partial charge on any atom is 0.180 e. The molecule has 0 unspecified atom stereocenters. The van der Waals surface area contributed by atoms with E-state index in [1.54, 1.807) is 18.6 Å². The molecular weight excluding hydrogens is 256 g/mol. The Hall–Kier alpha value is -2.14. The third-order valence-corrected chi connectivity index (χ3v) is 3.15. The fraction of sp³-hybridized carbons (Fsp3) is 0.0714. The Bertz CT molecular complexity index is 552. The minimum Gasteiger partial charge on any atom is -0.377 e. The number of nitrogens with two attached hydrogens (primary N) is 1. The van der Waals surface area contributed by atoms with Crippen LogP contribution in [-0.4, -0.2) is 16.4 Å². The van der Waals surface area contributed by atoms with Crippen molar-refractivity contribution in [1.82, 2.24) is 4.98 Å². The lowest BCUT2D eigenvalue weighted by Crippen LogP contribution is -2.05. The summed E-state index contributed by atoms with van der Waals surface area (Å²) in [6, 6.07) is 13.8. The van der Waals surface area contributed by atoms with E-state index >= 15 is 0 Å². The Morgan fingerprint density at radius 3 is 2.63 bits per heavy atom. The van der Waals surface area contributed by atoms with E-state index in [1.165, 1.54) is 17.3 Å². The maximum absolute atomic E-state index is 5.77. The van der Waals surface area contributed by atoms with Crippen molar-refractivity contribution in [3.63, 3.8) is 0 Å². The number of rotatable bonds is 4. The molecule has 0 aliphatic heterocycles. The number of benzene rings is 1. The van der Waals surface area contributed by atoms with Crippen LogP contribution >= 0.6 is 11.8 Å². The lowest BCUT2D eigenvalue weighted by atomic mass is 10.2. The molecule has 5 heteroatoms. The highest BCUT2D eigenvalue weighted by molar-refractivity contribution is 8.13. The first-order chi connectivity index (χ1) is 9.34. The van der Waals surface area contributed by atoms with Crippen LogP contribution in [0.5, 0.6) is 0 Å². The third-order valence-electron chi connectivity index (χ3n) is 2.30. The molecule has 1 aromatic carbocycles. The van der Waals surface area contributed by atoms with Gasteiger partial charge in [-0.2, -0.15) is 5.10 Å². The van der Waals surface area contributed by atoms with Crippen LogP contribution in [0.15, 0.2) is 65.1 Å². The van der Waals surface area contributed by atoms with Crippen LogP contribution in [0.4, 0.5) is 0 Å². The summed E-state index contributed by atoms with van der Waals surface area (Å²) in [5.41, 5.74) is 7.93. The number of amidine groups is 1. The zero-order valence-electron chi connectivity index (χ0n) is 10.3. The van der Waals surface area contributed by atoms with Crippen molar-refractivity contribution in [2.75, 3.05) is 0 Å². The fourth-order valence-electron chi connectivity index (χ4n) is 1.36. The molecule has 19 heavy (non-hydrogen) atoms. The monoisotopic (exact) mass is 270 g/mol. The SMILES string of the molecule is N/C(=N/N=C/c1ccncc1)SCc1ccccc1. The zero-order chi connectivity index (χ0) is 13.3. The molecule has 0 amide bonds. The van der Waals surface area contributed by atoms with Crippen molar-refractivity contribution in [2.45, 2.75) is 5.75 Å². The minimum absolute atomic E-state index is 0.453. The standard InChI is InChI=1S/C14H14N4S/c15-14(19-11-13-4-2-1-3-5-13)18-17-10-12-6-8-16-9-7-12/h1-10H,11H2,(H2,15,18)/b17-10+. The van der Waals surface area contributed by atoms with Gasteiger partial charge in [-0.3, -0.25) is 4.98 Å². The van der Waals surface area contributed by atoms with Gasteiger partial charge in [0.2, 0.25) is 0 Å². The number of pyridine rings is 1. The average Bonchev–Trinajstić information content (AvgIpc) is 2.47. The van der Waals surface area contributed by atoms with E-state index in [4.69, 9.17) is 5.73 Å². The quantitative estimate of drug-likeness (QED) is 0.528. The van der Waals surface area contributed by atoms with Gasteiger partial charge in [-0.05, 0) is 23.3 Å². The smallest absolute Gasteiger partial charge is 0.180 e. The molecule has 0 bridgehead atoms. The molecule has 0 saturated carbocycles. The number of hydrogen-bond acceptors (Lipinski definition) is 4. The first-order valence-corrected chi connectivity index (χ1v) is 6.76. The van der Waals surface area contributed by atoms with Crippen molar-refractivity contribution < 1.29 is 0 Å². The summed E-state index contributed by atoms with van der Waals surface area (Å²) >= 11 is 1.47. The normalized spacial score (nSPS) is 11.9. The first-order valence-electron chi connectivity index (χ1n) is 5.78. The molecule has 2 aromatic rings. The van der Waals surface area contributed by atoms with Gasteiger partial charge in [0, 0.05) is 18.1 Å². The summed E-state index contributed by atoms with van der Waals surface area (Å²) in [6.45, 7) is 0. The Balaban J connectivity index is 1.85. The van der Waals surface area contributed by atoms with Gasteiger partial charge in [0.25, 0.3) is 0 Å². The van der Waals surface area contributed by atoms with Crippen molar-refractivity contribution in [1.29, 1.82) is 0 Å². The topological polar surface area (TPSA) is 63.6 Å². The summed E-state index contributed by atoms with van der Waals surface area (Å²) in [5, 5.41) is 8.34. The highest BCUT2D eigenvalue weighted by Gasteiger charge is 1.95. The first kappa shape index (κ1) is 13.3. The Labute approximate surface area is 116 Å². The predicted molar refractivity (Wildman–Crippen MR) is 81.2 cm³/mol. The lowest BCUT2D eigenvalue weighted by Gasteiger charge is -1.99. The second-order valence-corrected chi connectivity index (χ2v) is 4.73. The van der Waals surface area contributed by atoms with Crippen molar-refractivity contribution in [3.8, 4) is 0 Å². The molecule has 0 aliphatic rings. The van der Waals surface area contributed by atoms with Gasteiger partial charge >= 0.3 is 0 Å². The van der Waals surface area contributed by atoms with Gasteiger partial charge in [-0.15, -0.1) is 5.10 Å². The number of hydrogen-bond donors (Lipinski definition) is 1. The molecule has 0 aliphatic carbocycles. The van der Waals surface area contributed by atoms with Gasteiger partial charge in [0.15, 0.2) is 5.17 Å². The summed E-state index contributed by atoms with van der Waals surface area (Å²) in [4.78, 5) is 3.93. The predicted octanol–water partition coefficient (Wildman–Crippen LogP) is 2.66. The molecule has 1 heterocycles. The second-order valence-electron chi connectivity index (χ2n) is 3.74. The van der Waals surface area contributed by atoms with Crippen LogP contribution in [0.3, 0.4) is 0 Å². The van der Waals surface area contributed by atoms with E-state index in [0.717, 1.165) is 11.3 Å². The van der Waals surface area contributed by atoms with Gasteiger partial charge in [0.05, 0.1) is 6.21 Å². The molecule has 0 spiro atoms. The second kappa shape index (κ2) is 7.33. The molecule has 2 rings (SSSR count). The van der Waals surface area contributed by atoms with Crippen LogP contribution in [0.2, 0.25) is 0 Å². The molecule has 2 N–H and O–H groups in total. The van der Waals surface area contributed by atoms with Crippen molar-refractivity contribution in [2.24, 2.45) is 15.9 Å². The molecular formula is C14H14N4S. The third kappa shape index (κ3) is 4.93. The lowest BCUT2D eigenvalue weighted by molar-refractivity contribution is 1.24. The largest absolute Gasteiger partial charge is 0.377 e. The van der Waals surface area contributed by atoms with Crippen LogP contribution in [0.1, 0.15) is 11.1 Å². The number of aromatic nitrogens is 1. The van der Waals surface area contributed by atoms with E-state index in [9.17, 15) is 0 Å². The summed E-state index contributed by atoms with van der Waals surface area (Å²) in [5.74, 6) is 0.793. The highest BCUT2D eigenvalue weighted by atomic mass is 32.2. The van der Waals surface area contributed by atoms with E-state index in [-0.39, 0.29) is 0 Å². The molecule has 96 valence electrons. The fourth-order valence-corrected chi connectivity index (χ4v) is 1.97. The summed E-state index contributed by atoms with van der Waals surface area (Å²) in [7, 11) is 0. The van der Waals surface area contributed by atoms with Gasteiger partial charge in [-0.1, -0.05) is 42.1 Å². The Morgan fingerprint density at radius 2 is 1.89 bits per heavy atom. The number of thioether (sulfide) groups is 1. The molecule has 0 saturated heterocycles. The highest BCUT2D eigenvalue weighted by Crippen LogP contribution is 2.11. The molecule has 1 aromatic heterocycles. The minimum atomic E-state index is 0.453. The van der Waals surface area contributed by atoms with Crippen LogP contribution in [0, 0.1) is 0 Å². The average molecular weight is 270 g/mol. The van der Waals surface area contributed by atoms with Gasteiger partial charge in [0.1, 0.15) is 0 Å². The van der Waals surface area contributed by atoms with E-state index in [1.807, 2.05) is 30.3 Å². The Morgan fingerprint density at radius 1 is 1.16 bits per heavy atom. The summed E-state index contributed by atoms with van der Waals surface area (Å²) in [6.07, 6.45) is 5.06. The summed E-state index contributed by atoms with van der Waals surface area (Å²) < 4.78 is 0. The Kier molecular flexibility index (Phi) is 5.13. The van der Waals surface area contributed by atoms with Crippen molar-refractivity contribution >= 4 is 23.1 Å². The molecule has 4 nitrogen and oxygen atoms in total. The molecule has 0 radical (unpaired) electrons.